The first-order valence-electron chi connectivity index (χ1n) is 6.67. The Bertz CT molecular complexity index is 691. The molecule has 3 rings (SSSR count). The molecule has 0 spiro atoms. The molecule has 3 aromatic rings. The van der Waals surface area contributed by atoms with Gasteiger partial charge in [0.2, 0.25) is 0 Å². The highest BCUT2D eigenvalue weighted by molar-refractivity contribution is 5.83. The number of hydrogen-bond donors (Lipinski definition) is 2. The van der Waals surface area contributed by atoms with E-state index in [4.69, 9.17) is 5.73 Å². The molecule has 5 heteroatoms. The summed E-state index contributed by atoms with van der Waals surface area (Å²) < 4.78 is 2.07. The van der Waals surface area contributed by atoms with Crippen molar-refractivity contribution in [2.45, 2.75) is 13.0 Å². The molecule has 0 radical (unpaired) electrons. The molecule has 5 nitrogen and oxygen atoms in total. The Morgan fingerprint density at radius 1 is 1.20 bits per heavy atom. The van der Waals surface area contributed by atoms with Crippen LogP contribution in [0.25, 0.3) is 10.9 Å². The van der Waals surface area contributed by atoms with Gasteiger partial charge in [-0.1, -0.05) is 0 Å². The van der Waals surface area contributed by atoms with Gasteiger partial charge in [0.05, 0.1) is 11.8 Å². The second-order valence-corrected chi connectivity index (χ2v) is 4.73. The largest absolute Gasteiger partial charge is 0.399 e. The quantitative estimate of drug-likeness (QED) is 0.550. The summed E-state index contributed by atoms with van der Waals surface area (Å²) in [5.41, 5.74) is 7.48. The fraction of sp³-hybridized carbons (Fsp3) is 0.200. The van der Waals surface area contributed by atoms with Crippen LogP contribution in [0.2, 0.25) is 0 Å². The molecule has 0 saturated heterocycles. The summed E-state index contributed by atoms with van der Waals surface area (Å²) >= 11 is 0. The summed E-state index contributed by atoms with van der Waals surface area (Å²) in [6, 6.07) is 9.78. The van der Waals surface area contributed by atoms with Crippen molar-refractivity contribution in [1.29, 1.82) is 0 Å². The molecule has 3 N–H and O–H groups in total. The fourth-order valence-electron chi connectivity index (χ4n) is 2.14. The average Bonchev–Trinajstić information content (AvgIpc) is 2.97. The second-order valence-electron chi connectivity index (χ2n) is 4.73. The minimum atomic E-state index is 0.764. The Kier molecular flexibility index (Phi) is 3.50. The molecule has 0 saturated carbocycles. The van der Waals surface area contributed by atoms with Gasteiger partial charge < -0.3 is 15.6 Å². The molecule has 0 amide bonds. The van der Waals surface area contributed by atoms with Crippen LogP contribution in [0.3, 0.4) is 0 Å². The number of nitrogen functional groups attached to an aromatic ring is 1. The van der Waals surface area contributed by atoms with Gasteiger partial charge in [0, 0.05) is 36.6 Å². The van der Waals surface area contributed by atoms with Gasteiger partial charge in [-0.15, -0.1) is 0 Å². The van der Waals surface area contributed by atoms with Gasteiger partial charge >= 0.3 is 0 Å². The van der Waals surface area contributed by atoms with Crippen LogP contribution in [0, 0.1) is 0 Å². The molecule has 0 aliphatic rings. The van der Waals surface area contributed by atoms with E-state index in [-0.39, 0.29) is 0 Å². The van der Waals surface area contributed by atoms with Crippen molar-refractivity contribution in [3.63, 3.8) is 0 Å². The van der Waals surface area contributed by atoms with Crippen LogP contribution in [0.4, 0.5) is 11.5 Å². The predicted octanol–water partition coefficient (Wildman–Crippen LogP) is 2.52. The number of pyridine rings is 1. The van der Waals surface area contributed by atoms with Crippen LogP contribution in [-0.2, 0) is 6.54 Å². The number of hydrogen-bond acceptors (Lipinski definition) is 4. The van der Waals surface area contributed by atoms with Crippen LogP contribution >= 0.6 is 0 Å². The first-order chi connectivity index (χ1) is 9.81. The Balaban J connectivity index is 1.58. The number of anilines is 2. The molecule has 0 unspecified atom stereocenters. The van der Waals surface area contributed by atoms with E-state index in [9.17, 15) is 0 Å². The lowest BCUT2D eigenvalue weighted by molar-refractivity contribution is 0.660. The maximum absolute atomic E-state index is 5.76. The van der Waals surface area contributed by atoms with Crippen LogP contribution in [0.5, 0.6) is 0 Å². The maximum atomic E-state index is 5.76. The van der Waals surface area contributed by atoms with Gasteiger partial charge in [-0.3, -0.25) is 0 Å². The zero-order chi connectivity index (χ0) is 13.8. The van der Waals surface area contributed by atoms with Crippen LogP contribution in [0.15, 0.2) is 49.1 Å². The lowest BCUT2D eigenvalue weighted by atomic mass is 10.2. The van der Waals surface area contributed by atoms with E-state index in [1.165, 1.54) is 0 Å². The monoisotopic (exact) mass is 267 g/mol. The zero-order valence-corrected chi connectivity index (χ0v) is 11.2. The van der Waals surface area contributed by atoms with E-state index in [0.29, 0.717) is 0 Å². The van der Waals surface area contributed by atoms with Crippen molar-refractivity contribution < 1.29 is 0 Å². The van der Waals surface area contributed by atoms with Crippen molar-refractivity contribution >= 4 is 22.4 Å². The number of rotatable bonds is 5. The van der Waals surface area contributed by atoms with E-state index in [1.807, 2.05) is 42.9 Å². The van der Waals surface area contributed by atoms with E-state index >= 15 is 0 Å². The zero-order valence-electron chi connectivity index (χ0n) is 11.2. The van der Waals surface area contributed by atoms with Crippen LogP contribution in [0.1, 0.15) is 6.42 Å². The molecule has 2 aromatic heterocycles. The molecule has 102 valence electrons. The van der Waals surface area contributed by atoms with Crippen LogP contribution < -0.4 is 11.1 Å². The first-order valence-corrected chi connectivity index (χ1v) is 6.67. The smallest absolute Gasteiger partial charge is 0.126 e. The molecule has 0 fully saturated rings. The van der Waals surface area contributed by atoms with Gasteiger partial charge in [-0.05, 0) is 36.8 Å². The summed E-state index contributed by atoms with van der Waals surface area (Å²) in [5.74, 6) is 0.896. The number of nitrogens with one attached hydrogen (secondary N) is 1. The van der Waals surface area contributed by atoms with Gasteiger partial charge in [0.25, 0.3) is 0 Å². The Morgan fingerprint density at radius 2 is 2.15 bits per heavy atom. The molecule has 0 atom stereocenters. The topological polar surface area (TPSA) is 68.8 Å². The van der Waals surface area contributed by atoms with Crippen molar-refractivity contribution in [3.05, 3.63) is 49.1 Å². The van der Waals surface area contributed by atoms with Gasteiger partial charge in [0.15, 0.2) is 0 Å². The molecular formula is C15H17N5. The Morgan fingerprint density at radius 3 is 3.00 bits per heavy atom. The van der Waals surface area contributed by atoms with Gasteiger partial charge in [-0.2, -0.15) is 0 Å². The molecule has 0 aliphatic carbocycles. The number of fused-ring (bicyclic) bond motifs is 1. The molecule has 1 aromatic carbocycles. The Labute approximate surface area is 117 Å². The van der Waals surface area contributed by atoms with Crippen molar-refractivity contribution in [2.24, 2.45) is 0 Å². The van der Waals surface area contributed by atoms with Crippen LogP contribution in [-0.4, -0.2) is 21.1 Å². The third-order valence-electron chi connectivity index (χ3n) is 3.17. The molecule has 2 heterocycles. The number of benzene rings is 1. The summed E-state index contributed by atoms with van der Waals surface area (Å²) in [7, 11) is 0. The first kappa shape index (κ1) is 12.5. The molecular weight excluding hydrogens is 250 g/mol. The summed E-state index contributed by atoms with van der Waals surface area (Å²) in [6.07, 6.45) is 6.62. The highest BCUT2D eigenvalue weighted by atomic mass is 15.0. The minimum Gasteiger partial charge on any atom is -0.399 e. The fourth-order valence-corrected chi connectivity index (χ4v) is 2.14. The highest BCUT2D eigenvalue weighted by Gasteiger charge is 1.98. The second kappa shape index (κ2) is 5.61. The summed E-state index contributed by atoms with van der Waals surface area (Å²) in [6.45, 7) is 1.84. The van der Waals surface area contributed by atoms with Crippen molar-refractivity contribution in [2.75, 3.05) is 17.6 Å². The van der Waals surface area contributed by atoms with E-state index in [1.54, 1.807) is 6.20 Å². The highest BCUT2D eigenvalue weighted by Crippen LogP contribution is 2.17. The lowest BCUT2D eigenvalue weighted by Gasteiger charge is -2.07. The van der Waals surface area contributed by atoms with E-state index < -0.39 is 0 Å². The van der Waals surface area contributed by atoms with E-state index in [2.05, 4.69) is 19.9 Å². The number of nitrogens with two attached hydrogens (primary N) is 1. The third-order valence-corrected chi connectivity index (χ3v) is 3.17. The van der Waals surface area contributed by atoms with Crippen molar-refractivity contribution in [3.8, 4) is 0 Å². The summed E-state index contributed by atoms with van der Waals surface area (Å²) in [5, 5.41) is 4.40. The lowest BCUT2D eigenvalue weighted by Crippen LogP contribution is -2.06. The average molecular weight is 267 g/mol. The minimum absolute atomic E-state index is 0.764. The predicted molar refractivity (Wildman–Crippen MR) is 81.5 cm³/mol. The Hall–Kier alpha value is -2.56. The van der Waals surface area contributed by atoms with Gasteiger partial charge in [-0.25, -0.2) is 9.97 Å². The standard InChI is InChI=1S/C15H17N5/c16-13-3-4-14-12(10-13)2-5-15(19-14)18-6-1-8-20-9-7-17-11-20/h2-5,7,9-11H,1,6,8,16H2,(H,18,19). The number of nitrogens with zero attached hydrogens (tertiary/aromatic N) is 3. The van der Waals surface area contributed by atoms with E-state index in [0.717, 1.165) is 41.9 Å². The number of aryl methyl sites for hydroxylation is 1. The van der Waals surface area contributed by atoms with Gasteiger partial charge in [0.1, 0.15) is 5.82 Å². The molecule has 20 heavy (non-hydrogen) atoms. The summed E-state index contributed by atoms with van der Waals surface area (Å²) in [4.78, 5) is 8.59. The molecule has 0 bridgehead atoms. The third kappa shape index (κ3) is 2.88. The number of aromatic nitrogens is 3. The number of imidazole rings is 1. The maximum Gasteiger partial charge on any atom is 0.126 e. The SMILES string of the molecule is Nc1ccc2nc(NCCCn3ccnc3)ccc2c1. The van der Waals surface area contributed by atoms with Crippen molar-refractivity contribution in [1.82, 2.24) is 14.5 Å². The normalized spacial score (nSPS) is 10.8. The molecule has 0 aliphatic heterocycles.